The molecule has 1 aromatic rings. The SMILES string of the molecule is CC(CCl)C(C)Nc1nc(C(C)(C)C)ns1. The van der Waals surface area contributed by atoms with Crippen LogP contribution < -0.4 is 5.32 Å². The lowest BCUT2D eigenvalue weighted by Crippen LogP contribution is -2.24. The number of nitrogens with zero attached hydrogens (tertiary/aromatic N) is 2. The molecular weight excluding hydrogens is 242 g/mol. The number of hydrogen-bond acceptors (Lipinski definition) is 4. The van der Waals surface area contributed by atoms with E-state index in [9.17, 15) is 0 Å². The molecule has 2 atom stereocenters. The first-order valence-electron chi connectivity index (χ1n) is 5.51. The van der Waals surface area contributed by atoms with Crippen molar-refractivity contribution < 1.29 is 0 Å². The Hall–Kier alpha value is -0.350. The predicted molar refractivity (Wildman–Crippen MR) is 71.6 cm³/mol. The summed E-state index contributed by atoms with van der Waals surface area (Å²) in [5.41, 5.74) is 0.0117. The second kappa shape index (κ2) is 5.32. The first kappa shape index (κ1) is 13.7. The Balaban J connectivity index is 2.66. The second-order valence-electron chi connectivity index (χ2n) is 5.24. The van der Waals surface area contributed by atoms with Gasteiger partial charge in [-0.15, -0.1) is 11.6 Å². The van der Waals surface area contributed by atoms with Crippen molar-refractivity contribution in [2.45, 2.75) is 46.1 Å². The van der Waals surface area contributed by atoms with Gasteiger partial charge in [-0.1, -0.05) is 27.7 Å². The normalized spacial score (nSPS) is 15.9. The molecule has 0 radical (unpaired) electrons. The Morgan fingerprint density at radius 3 is 2.44 bits per heavy atom. The quantitative estimate of drug-likeness (QED) is 0.843. The van der Waals surface area contributed by atoms with Crippen molar-refractivity contribution in [3.05, 3.63) is 5.82 Å². The summed E-state index contributed by atoms with van der Waals surface area (Å²) in [6.07, 6.45) is 0. The van der Waals surface area contributed by atoms with Crippen molar-refractivity contribution in [2.75, 3.05) is 11.2 Å². The van der Waals surface area contributed by atoms with Crippen molar-refractivity contribution in [3.8, 4) is 0 Å². The fourth-order valence-electron chi connectivity index (χ4n) is 1.06. The maximum absolute atomic E-state index is 5.82. The van der Waals surface area contributed by atoms with Crippen LogP contribution >= 0.6 is 23.1 Å². The van der Waals surface area contributed by atoms with Gasteiger partial charge in [0.2, 0.25) is 5.13 Å². The lowest BCUT2D eigenvalue weighted by Gasteiger charge is -2.18. The first-order valence-corrected chi connectivity index (χ1v) is 6.82. The molecule has 0 amide bonds. The summed E-state index contributed by atoms with van der Waals surface area (Å²) in [6.45, 7) is 10.6. The van der Waals surface area contributed by atoms with Crippen LogP contribution in [-0.2, 0) is 5.41 Å². The number of nitrogens with one attached hydrogen (secondary N) is 1. The summed E-state index contributed by atoms with van der Waals surface area (Å²) in [7, 11) is 0. The molecule has 0 saturated heterocycles. The summed E-state index contributed by atoms with van der Waals surface area (Å²) in [5.74, 6) is 1.97. The zero-order chi connectivity index (χ0) is 12.3. The molecule has 0 aliphatic rings. The van der Waals surface area contributed by atoms with E-state index in [1.807, 2.05) is 0 Å². The fourth-order valence-corrected chi connectivity index (χ4v) is 2.18. The molecular formula is C11H20ClN3S. The topological polar surface area (TPSA) is 37.8 Å². The zero-order valence-corrected chi connectivity index (χ0v) is 12.1. The lowest BCUT2D eigenvalue weighted by atomic mass is 9.96. The van der Waals surface area contributed by atoms with Gasteiger partial charge in [-0.25, -0.2) is 4.98 Å². The van der Waals surface area contributed by atoms with Gasteiger partial charge in [0.1, 0.15) is 5.82 Å². The number of alkyl halides is 1. The summed E-state index contributed by atoms with van der Waals surface area (Å²) < 4.78 is 4.36. The Morgan fingerprint density at radius 2 is 2.00 bits per heavy atom. The van der Waals surface area contributed by atoms with Crippen molar-refractivity contribution in [1.82, 2.24) is 9.36 Å². The highest BCUT2D eigenvalue weighted by Gasteiger charge is 2.20. The van der Waals surface area contributed by atoms with E-state index in [-0.39, 0.29) is 5.41 Å². The molecule has 3 nitrogen and oxygen atoms in total. The monoisotopic (exact) mass is 261 g/mol. The molecule has 2 unspecified atom stereocenters. The van der Waals surface area contributed by atoms with E-state index in [0.717, 1.165) is 11.0 Å². The van der Waals surface area contributed by atoms with Gasteiger partial charge in [0.05, 0.1) is 0 Å². The molecule has 0 bridgehead atoms. The van der Waals surface area contributed by atoms with Crippen LogP contribution in [0, 0.1) is 5.92 Å². The van der Waals surface area contributed by atoms with E-state index >= 15 is 0 Å². The van der Waals surface area contributed by atoms with Crippen LogP contribution in [0.1, 0.15) is 40.4 Å². The highest BCUT2D eigenvalue weighted by molar-refractivity contribution is 7.09. The minimum atomic E-state index is 0.0117. The number of rotatable bonds is 4. The van der Waals surface area contributed by atoms with Gasteiger partial charge in [-0.3, -0.25) is 0 Å². The third kappa shape index (κ3) is 3.59. The molecule has 16 heavy (non-hydrogen) atoms. The van der Waals surface area contributed by atoms with Crippen LogP contribution in [0.15, 0.2) is 0 Å². The van der Waals surface area contributed by atoms with E-state index in [2.05, 4.69) is 49.3 Å². The van der Waals surface area contributed by atoms with Gasteiger partial charge in [0.25, 0.3) is 0 Å². The number of halogens is 1. The lowest BCUT2D eigenvalue weighted by molar-refractivity contribution is 0.550. The summed E-state index contributed by atoms with van der Waals surface area (Å²) in [6, 6.07) is 0.318. The highest BCUT2D eigenvalue weighted by atomic mass is 35.5. The molecule has 1 rings (SSSR count). The van der Waals surface area contributed by atoms with E-state index in [1.165, 1.54) is 11.5 Å². The molecule has 0 aliphatic heterocycles. The van der Waals surface area contributed by atoms with Gasteiger partial charge in [0.15, 0.2) is 0 Å². The van der Waals surface area contributed by atoms with Gasteiger partial charge < -0.3 is 5.32 Å². The molecule has 0 fully saturated rings. The van der Waals surface area contributed by atoms with Crippen molar-refractivity contribution in [2.24, 2.45) is 5.92 Å². The van der Waals surface area contributed by atoms with Gasteiger partial charge in [0, 0.05) is 28.9 Å². The van der Waals surface area contributed by atoms with Gasteiger partial charge in [-0.2, -0.15) is 4.37 Å². The first-order chi connectivity index (χ1) is 7.34. The molecule has 1 aromatic heterocycles. The maximum Gasteiger partial charge on any atom is 0.202 e. The Labute approximate surface area is 107 Å². The van der Waals surface area contributed by atoms with Crippen LogP contribution in [0.3, 0.4) is 0 Å². The van der Waals surface area contributed by atoms with Crippen molar-refractivity contribution in [3.63, 3.8) is 0 Å². The molecule has 0 saturated carbocycles. The predicted octanol–water partition coefficient (Wildman–Crippen LogP) is 3.51. The van der Waals surface area contributed by atoms with E-state index in [1.54, 1.807) is 0 Å². The van der Waals surface area contributed by atoms with E-state index < -0.39 is 0 Å². The zero-order valence-electron chi connectivity index (χ0n) is 10.5. The standard InChI is InChI=1S/C11H20ClN3S/c1-7(6-12)8(2)13-10-14-9(15-16-10)11(3,4)5/h7-8H,6H2,1-5H3,(H,13,14,15). The number of hydrogen-bond donors (Lipinski definition) is 1. The van der Waals surface area contributed by atoms with Crippen molar-refractivity contribution in [1.29, 1.82) is 0 Å². The van der Waals surface area contributed by atoms with Gasteiger partial charge >= 0.3 is 0 Å². The summed E-state index contributed by atoms with van der Waals surface area (Å²) in [4.78, 5) is 4.49. The van der Waals surface area contributed by atoms with Crippen LogP contribution in [0.2, 0.25) is 0 Å². The minimum Gasteiger partial charge on any atom is -0.358 e. The summed E-state index contributed by atoms with van der Waals surface area (Å²) >= 11 is 7.24. The molecule has 1 N–H and O–H groups in total. The highest BCUT2D eigenvalue weighted by Crippen LogP contribution is 2.24. The Kier molecular flexibility index (Phi) is 4.56. The maximum atomic E-state index is 5.82. The molecule has 1 heterocycles. The molecule has 92 valence electrons. The molecule has 5 heteroatoms. The molecule has 0 aliphatic carbocycles. The average molecular weight is 262 g/mol. The van der Waals surface area contributed by atoms with E-state index in [0.29, 0.717) is 17.8 Å². The second-order valence-corrected chi connectivity index (χ2v) is 6.30. The van der Waals surface area contributed by atoms with Crippen LogP contribution in [-0.4, -0.2) is 21.3 Å². The average Bonchev–Trinajstić information content (AvgIpc) is 2.64. The van der Waals surface area contributed by atoms with Crippen LogP contribution in [0.25, 0.3) is 0 Å². The summed E-state index contributed by atoms with van der Waals surface area (Å²) in [5, 5.41) is 4.23. The Morgan fingerprint density at radius 1 is 1.38 bits per heavy atom. The molecule has 0 aromatic carbocycles. The van der Waals surface area contributed by atoms with E-state index in [4.69, 9.17) is 11.6 Å². The minimum absolute atomic E-state index is 0.0117. The third-order valence-corrected chi connectivity index (χ3v) is 3.68. The van der Waals surface area contributed by atoms with Crippen molar-refractivity contribution >= 4 is 28.3 Å². The Bertz CT molecular complexity index is 332. The number of anilines is 1. The fraction of sp³-hybridized carbons (Fsp3) is 0.818. The molecule has 0 spiro atoms. The van der Waals surface area contributed by atoms with Gasteiger partial charge in [-0.05, 0) is 12.8 Å². The number of aromatic nitrogens is 2. The van der Waals surface area contributed by atoms with Crippen LogP contribution in [0.4, 0.5) is 5.13 Å². The smallest absolute Gasteiger partial charge is 0.202 e. The largest absolute Gasteiger partial charge is 0.358 e. The third-order valence-electron chi connectivity index (χ3n) is 2.54. The van der Waals surface area contributed by atoms with Crippen LogP contribution in [0.5, 0.6) is 0 Å².